The molecule has 1 unspecified atom stereocenters. The first-order valence-electron chi connectivity index (χ1n) is 10.3. The number of carbonyl (C=O) groups excluding carboxylic acids is 2. The van der Waals surface area contributed by atoms with Crippen molar-refractivity contribution >= 4 is 29.1 Å². The van der Waals surface area contributed by atoms with Crippen LogP contribution in [0.3, 0.4) is 0 Å². The molecule has 1 atom stereocenters. The molecule has 3 rings (SSSR count). The average molecular weight is 431 g/mol. The monoisotopic (exact) mass is 430 g/mol. The van der Waals surface area contributed by atoms with E-state index in [2.05, 4.69) is 5.32 Å². The van der Waals surface area contributed by atoms with Crippen molar-refractivity contribution in [3.05, 3.63) is 53.6 Å². The van der Waals surface area contributed by atoms with Crippen molar-refractivity contribution in [1.82, 2.24) is 5.32 Å². The Kier molecular flexibility index (Phi) is 7.97. The largest absolute Gasteiger partial charge is 0.494 e. The van der Waals surface area contributed by atoms with E-state index >= 15 is 0 Å². The minimum atomic E-state index is -0.325. The third-order valence-electron chi connectivity index (χ3n) is 4.91. The van der Waals surface area contributed by atoms with Gasteiger partial charge in [-0.2, -0.15) is 0 Å². The molecule has 7 heteroatoms. The van der Waals surface area contributed by atoms with Crippen LogP contribution in [0.2, 0.25) is 5.02 Å². The summed E-state index contributed by atoms with van der Waals surface area (Å²) in [7, 11) is 0. The maximum absolute atomic E-state index is 12.4. The van der Waals surface area contributed by atoms with E-state index in [1.807, 2.05) is 43.3 Å². The zero-order chi connectivity index (χ0) is 21.3. The van der Waals surface area contributed by atoms with E-state index in [-0.39, 0.29) is 24.2 Å². The number of ether oxygens (including phenoxy) is 2. The Morgan fingerprint density at radius 3 is 2.43 bits per heavy atom. The molecular formula is C23H27ClN2O4. The van der Waals surface area contributed by atoms with E-state index in [9.17, 15) is 9.59 Å². The fraction of sp³-hybridized carbons (Fsp3) is 0.391. The SMILES string of the molecule is CCOc1ccc(N2CC(C(=O)NCCCCOc3ccc(Cl)cc3)CC2=O)cc1. The Balaban J connectivity index is 1.36. The first kappa shape index (κ1) is 22.0. The summed E-state index contributed by atoms with van der Waals surface area (Å²) in [6.45, 7) is 4.06. The van der Waals surface area contributed by atoms with Gasteiger partial charge in [-0.3, -0.25) is 9.59 Å². The van der Waals surface area contributed by atoms with Crippen molar-refractivity contribution < 1.29 is 19.1 Å². The van der Waals surface area contributed by atoms with Crippen LogP contribution in [0.4, 0.5) is 5.69 Å². The van der Waals surface area contributed by atoms with Crippen LogP contribution in [0.5, 0.6) is 11.5 Å². The summed E-state index contributed by atoms with van der Waals surface area (Å²) in [4.78, 5) is 26.5. The van der Waals surface area contributed by atoms with Crippen LogP contribution in [0, 0.1) is 5.92 Å². The molecule has 1 saturated heterocycles. The van der Waals surface area contributed by atoms with Gasteiger partial charge in [0.25, 0.3) is 0 Å². The predicted molar refractivity (Wildman–Crippen MR) is 117 cm³/mol. The number of nitrogens with one attached hydrogen (secondary N) is 1. The van der Waals surface area contributed by atoms with Crippen LogP contribution >= 0.6 is 11.6 Å². The van der Waals surface area contributed by atoms with Gasteiger partial charge in [0.2, 0.25) is 11.8 Å². The molecule has 160 valence electrons. The molecule has 1 N–H and O–H groups in total. The van der Waals surface area contributed by atoms with Gasteiger partial charge >= 0.3 is 0 Å². The Bertz CT molecular complexity index is 839. The number of benzene rings is 2. The van der Waals surface area contributed by atoms with E-state index in [1.54, 1.807) is 17.0 Å². The van der Waals surface area contributed by atoms with Gasteiger partial charge in [-0.25, -0.2) is 0 Å². The fourth-order valence-electron chi connectivity index (χ4n) is 3.33. The molecule has 0 radical (unpaired) electrons. The van der Waals surface area contributed by atoms with Crippen molar-refractivity contribution in [2.75, 3.05) is 31.2 Å². The second kappa shape index (κ2) is 10.9. The maximum atomic E-state index is 12.4. The third kappa shape index (κ3) is 6.13. The van der Waals surface area contributed by atoms with Crippen LogP contribution in [0.25, 0.3) is 0 Å². The van der Waals surface area contributed by atoms with Crippen molar-refractivity contribution in [3.8, 4) is 11.5 Å². The van der Waals surface area contributed by atoms with Gasteiger partial charge in [0.05, 0.1) is 19.1 Å². The normalized spacial score (nSPS) is 15.9. The lowest BCUT2D eigenvalue weighted by atomic mass is 10.1. The summed E-state index contributed by atoms with van der Waals surface area (Å²) in [6, 6.07) is 14.6. The molecule has 1 aliphatic heterocycles. The Morgan fingerprint density at radius 2 is 1.73 bits per heavy atom. The second-order valence-electron chi connectivity index (χ2n) is 7.13. The average Bonchev–Trinajstić information content (AvgIpc) is 3.14. The first-order chi connectivity index (χ1) is 14.6. The fourth-order valence-corrected chi connectivity index (χ4v) is 3.45. The summed E-state index contributed by atoms with van der Waals surface area (Å²) in [6.07, 6.45) is 1.87. The van der Waals surface area contributed by atoms with Crippen LogP contribution in [0.15, 0.2) is 48.5 Å². The number of amides is 2. The minimum Gasteiger partial charge on any atom is -0.494 e. The van der Waals surface area contributed by atoms with E-state index in [4.69, 9.17) is 21.1 Å². The van der Waals surface area contributed by atoms with Gasteiger partial charge in [-0.05, 0) is 68.3 Å². The molecule has 6 nitrogen and oxygen atoms in total. The molecule has 0 saturated carbocycles. The molecular weight excluding hydrogens is 404 g/mol. The molecule has 1 fully saturated rings. The van der Waals surface area contributed by atoms with Gasteiger partial charge in [0.1, 0.15) is 11.5 Å². The lowest BCUT2D eigenvalue weighted by Gasteiger charge is -2.17. The van der Waals surface area contributed by atoms with Crippen molar-refractivity contribution in [3.63, 3.8) is 0 Å². The van der Waals surface area contributed by atoms with Gasteiger partial charge in [0.15, 0.2) is 0 Å². The summed E-state index contributed by atoms with van der Waals surface area (Å²) < 4.78 is 11.1. The summed E-state index contributed by atoms with van der Waals surface area (Å²) in [5, 5.41) is 3.62. The van der Waals surface area contributed by atoms with Crippen molar-refractivity contribution in [2.24, 2.45) is 5.92 Å². The molecule has 30 heavy (non-hydrogen) atoms. The Labute approximate surface area is 182 Å². The molecule has 0 aromatic heterocycles. The molecule has 2 amide bonds. The van der Waals surface area contributed by atoms with E-state index in [0.29, 0.717) is 31.3 Å². The molecule has 0 aliphatic carbocycles. The molecule has 1 aliphatic rings. The maximum Gasteiger partial charge on any atom is 0.227 e. The smallest absolute Gasteiger partial charge is 0.227 e. The zero-order valence-electron chi connectivity index (χ0n) is 17.1. The number of nitrogens with zero attached hydrogens (tertiary/aromatic N) is 1. The van der Waals surface area contributed by atoms with Crippen LogP contribution in [-0.2, 0) is 9.59 Å². The number of halogens is 1. The van der Waals surface area contributed by atoms with Crippen LogP contribution < -0.4 is 19.7 Å². The van der Waals surface area contributed by atoms with Gasteiger partial charge in [-0.1, -0.05) is 11.6 Å². The highest BCUT2D eigenvalue weighted by Crippen LogP contribution is 2.27. The summed E-state index contributed by atoms with van der Waals surface area (Å²) in [5.41, 5.74) is 0.790. The molecule has 2 aromatic rings. The zero-order valence-corrected chi connectivity index (χ0v) is 17.9. The lowest BCUT2D eigenvalue weighted by molar-refractivity contribution is -0.126. The Hall–Kier alpha value is -2.73. The molecule has 1 heterocycles. The number of rotatable bonds is 10. The predicted octanol–water partition coefficient (Wildman–Crippen LogP) is 4.07. The first-order valence-corrected chi connectivity index (χ1v) is 10.6. The third-order valence-corrected chi connectivity index (χ3v) is 5.16. The Morgan fingerprint density at radius 1 is 1.07 bits per heavy atom. The quantitative estimate of drug-likeness (QED) is 0.577. The number of hydrogen-bond acceptors (Lipinski definition) is 4. The van der Waals surface area contributed by atoms with E-state index < -0.39 is 0 Å². The molecule has 0 spiro atoms. The highest BCUT2D eigenvalue weighted by atomic mass is 35.5. The minimum absolute atomic E-state index is 0.0318. The standard InChI is InChI=1S/C23H27ClN2O4/c1-2-29-20-11-7-19(8-12-20)26-16-17(15-22(26)27)23(28)25-13-3-4-14-30-21-9-5-18(24)6-10-21/h5-12,17H,2-4,13-16H2,1H3,(H,25,28). The van der Waals surface area contributed by atoms with Crippen molar-refractivity contribution in [1.29, 1.82) is 0 Å². The topological polar surface area (TPSA) is 67.9 Å². The summed E-state index contributed by atoms with van der Waals surface area (Å²) >= 11 is 5.84. The highest BCUT2D eigenvalue weighted by Gasteiger charge is 2.34. The van der Waals surface area contributed by atoms with Crippen LogP contribution in [-0.4, -0.2) is 38.1 Å². The lowest BCUT2D eigenvalue weighted by Crippen LogP contribution is -2.33. The van der Waals surface area contributed by atoms with Crippen LogP contribution in [0.1, 0.15) is 26.2 Å². The molecule has 2 aromatic carbocycles. The highest BCUT2D eigenvalue weighted by molar-refractivity contribution is 6.30. The molecule has 0 bridgehead atoms. The van der Waals surface area contributed by atoms with Crippen molar-refractivity contribution in [2.45, 2.75) is 26.2 Å². The van der Waals surface area contributed by atoms with Gasteiger partial charge < -0.3 is 19.7 Å². The number of carbonyl (C=O) groups is 2. The van der Waals surface area contributed by atoms with Gasteiger partial charge in [-0.15, -0.1) is 0 Å². The van der Waals surface area contributed by atoms with E-state index in [0.717, 1.165) is 30.0 Å². The second-order valence-corrected chi connectivity index (χ2v) is 7.57. The number of unbranched alkanes of at least 4 members (excludes halogenated alkanes) is 1. The van der Waals surface area contributed by atoms with E-state index in [1.165, 1.54) is 0 Å². The van der Waals surface area contributed by atoms with Gasteiger partial charge in [0, 0.05) is 30.2 Å². The summed E-state index contributed by atoms with van der Waals surface area (Å²) in [5.74, 6) is 1.12. The number of hydrogen-bond donors (Lipinski definition) is 1. The number of anilines is 1.